The van der Waals surface area contributed by atoms with E-state index in [0.717, 1.165) is 6.42 Å². The Balaban J connectivity index is 2.54. The maximum absolute atomic E-state index is 11.7. The van der Waals surface area contributed by atoms with Gasteiger partial charge in [0.25, 0.3) is 0 Å². The van der Waals surface area contributed by atoms with E-state index in [4.69, 9.17) is 5.11 Å². The predicted octanol–water partition coefficient (Wildman–Crippen LogP) is 1.07. The minimum absolute atomic E-state index is 0.123. The average molecular weight is 226 g/mol. The van der Waals surface area contributed by atoms with Crippen molar-refractivity contribution in [3.8, 4) is 0 Å². The van der Waals surface area contributed by atoms with E-state index < -0.39 is 12.0 Å². The van der Waals surface area contributed by atoms with Crippen LogP contribution in [-0.2, 0) is 4.79 Å². The molecular weight excluding hydrogens is 208 g/mol. The molecule has 1 aliphatic rings. The highest BCUT2D eigenvalue weighted by Crippen LogP contribution is 2.05. The summed E-state index contributed by atoms with van der Waals surface area (Å²) in [5.74, 6) is -1.11. The van der Waals surface area contributed by atoms with Crippen molar-refractivity contribution in [3.05, 3.63) is 12.2 Å². The lowest BCUT2D eigenvalue weighted by Crippen LogP contribution is -2.50. The first kappa shape index (κ1) is 12.5. The standard InChI is InChI=1S/C11H18N2O3/c1-8(2)9(10(14)15)12-11(16)13-6-4-3-5-7-13/h3-4,8-9H,5-7H2,1-2H3,(H,12,16)(H,14,15). The van der Waals surface area contributed by atoms with E-state index in [1.807, 2.05) is 12.2 Å². The molecule has 0 aliphatic carbocycles. The first-order valence-corrected chi connectivity index (χ1v) is 5.45. The Kier molecular flexibility index (Phi) is 4.34. The molecule has 16 heavy (non-hydrogen) atoms. The third-order valence-corrected chi connectivity index (χ3v) is 2.56. The highest BCUT2D eigenvalue weighted by Gasteiger charge is 2.25. The lowest BCUT2D eigenvalue weighted by molar-refractivity contribution is -0.140. The van der Waals surface area contributed by atoms with Gasteiger partial charge in [-0.2, -0.15) is 0 Å². The van der Waals surface area contributed by atoms with Crippen molar-refractivity contribution in [2.45, 2.75) is 26.3 Å². The SMILES string of the molecule is CC(C)C(NC(=O)N1CC=CCC1)C(=O)O. The fourth-order valence-corrected chi connectivity index (χ4v) is 1.56. The van der Waals surface area contributed by atoms with Gasteiger partial charge in [0.2, 0.25) is 0 Å². The summed E-state index contributed by atoms with van der Waals surface area (Å²) < 4.78 is 0. The smallest absolute Gasteiger partial charge is 0.326 e. The minimum atomic E-state index is -0.990. The number of carbonyl (C=O) groups is 2. The van der Waals surface area contributed by atoms with Gasteiger partial charge in [0.15, 0.2) is 0 Å². The molecule has 90 valence electrons. The van der Waals surface area contributed by atoms with Crippen molar-refractivity contribution >= 4 is 12.0 Å². The van der Waals surface area contributed by atoms with Crippen molar-refractivity contribution in [2.75, 3.05) is 13.1 Å². The van der Waals surface area contributed by atoms with E-state index in [1.54, 1.807) is 18.7 Å². The molecule has 0 spiro atoms. The number of amides is 2. The monoisotopic (exact) mass is 226 g/mol. The molecule has 0 saturated heterocycles. The molecule has 0 fully saturated rings. The molecule has 5 nitrogen and oxygen atoms in total. The van der Waals surface area contributed by atoms with Crippen molar-refractivity contribution in [1.82, 2.24) is 10.2 Å². The number of aliphatic carboxylic acids is 1. The Morgan fingerprint density at radius 3 is 2.50 bits per heavy atom. The molecule has 0 aromatic carbocycles. The molecular formula is C11H18N2O3. The van der Waals surface area contributed by atoms with Gasteiger partial charge in [-0.15, -0.1) is 0 Å². The van der Waals surface area contributed by atoms with E-state index in [9.17, 15) is 9.59 Å². The van der Waals surface area contributed by atoms with Crippen LogP contribution in [0.25, 0.3) is 0 Å². The average Bonchev–Trinajstić information content (AvgIpc) is 2.25. The minimum Gasteiger partial charge on any atom is -0.480 e. The van der Waals surface area contributed by atoms with Gasteiger partial charge in [-0.1, -0.05) is 26.0 Å². The summed E-state index contributed by atoms with van der Waals surface area (Å²) in [4.78, 5) is 24.3. The number of carboxylic acid groups (broad SMARTS) is 1. The highest BCUT2D eigenvalue weighted by molar-refractivity contribution is 5.82. The van der Waals surface area contributed by atoms with Crippen LogP contribution in [0.5, 0.6) is 0 Å². The fraction of sp³-hybridized carbons (Fsp3) is 0.636. The molecule has 5 heteroatoms. The van der Waals surface area contributed by atoms with Crippen LogP contribution in [0.1, 0.15) is 20.3 Å². The maximum Gasteiger partial charge on any atom is 0.326 e. The molecule has 1 unspecified atom stereocenters. The largest absolute Gasteiger partial charge is 0.480 e. The van der Waals surface area contributed by atoms with Gasteiger partial charge in [0.1, 0.15) is 6.04 Å². The third-order valence-electron chi connectivity index (χ3n) is 2.56. The second kappa shape index (κ2) is 5.53. The summed E-state index contributed by atoms with van der Waals surface area (Å²) in [6, 6.07) is -1.12. The number of rotatable bonds is 3. The Bertz CT molecular complexity index is 300. The Morgan fingerprint density at radius 1 is 1.38 bits per heavy atom. The number of hydrogen-bond donors (Lipinski definition) is 2. The number of hydrogen-bond acceptors (Lipinski definition) is 2. The number of urea groups is 1. The second-order valence-electron chi connectivity index (χ2n) is 4.22. The van der Waals surface area contributed by atoms with Gasteiger partial charge in [-0.25, -0.2) is 9.59 Å². The van der Waals surface area contributed by atoms with E-state index in [1.165, 1.54) is 0 Å². The van der Waals surface area contributed by atoms with E-state index in [0.29, 0.717) is 13.1 Å². The molecule has 1 rings (SSSR count). The second-order valence-corrected chi connectivity index (χ2v) is 4.22. The first-order valence-electron chi connectivity index (χ1n) is 5.45. The molecule has 1 aliphatic heterocycles. The summed E-state index contributed by atoms with van der Waals surface area (Å²) in [7, 11) is 0. The number of nitrogens with zero attached hydrogens (tertiary/aromatic N) is 1. The van der Waals surface area contributed by atoms with Crippen molar-refractivity contribution in [1.29, 1.82) is 0 Å². The highest BCUT2D eigenvalue weighted by atomic mass is 16.4. The van der Waals surface area contributed by atoms with Crippen LogP contribution in [-0.4, -0.2) is 41.1 Å². The molecule has 0 saturated carbocycles. The molecule has 1 heterocycles. The van der Waals surface area contributed by atoms with Crippen LogP contribution in [0.4, 0.5) is 4.79 Å². The molecule has 2 amide bonds. The van der Waals surface area contributed by atoms with E-state index in [-0.39, 0.29) is 11.9 Å². The van der Waals surface area contributed by atoms with Crippen molar-refractivity contribution < 1.29 is 14.7 Å². The van der Waals surface area contributed by atoms with Crippen LogP contribution < -0.4 is 5.32 Å². The van der Waals surface area contributed by atoms with Crippen LogP contribution in [0.3, 0.4) is 0 Å². The van der Waals surface area contributed by atoms with E-state index >= 15 is 0 Å². The molecule has 0 radical (unpaired) electrons. The van der Waals surface area contributed by atoms with Gasteiger partial charge in [-0.05, 0) is 12.3 Å². The number of carboxylic acids is 1. The van der Waals surface area contributed by atoms with Crippen molar-refractivity contribution in [2.24, 2.45) is 5.92 Å². The Morgan fingerprint density at radius 2 is 2.06 bits per heavy atom. The van der Waals surface area contributed by atoms with Crippen LogP contribution in [0, 0.1) is 5.92 Å². The van der Waals surface area contributed by atoms with Crippen LogP contribution >= 0.6 is 0 Å². The third kappa shape index (κ3) is 3.25. The van der Waals surface area contributed by atoms with Crippen molar-refractivity contribution in [3.63, 3.8) is 0 Å². The quantitative estimate of drug-likeness (QED) is 0.707. The zero-order valence-electron chi connectivity index (χ0n) is 9.64. The maximum atomic E-state index is 11.7. The lowest BCUT2D eigenvalue weighted by atomic mass is 10.1. The molecule has 0 bridgehead atoms. The number of carbonyl (C=O) groups excluding carboxylic acids is 1. The fourth-order valence-electron chi connectivity index (χ4n) is 1.56. The lowest BCUT2D eigenvalue weighted by Gasteiger charge is -2.26. The zero-order chi connectivity index (χ0) is 12.1. The Labute approximate surface area is 95.1 Å². The van der Waals surface area contributed by atoms with Gasteiger partial charge in [0, 0.05) is 13.1 Å². The van der Waals surface area contributed by atoms with E-state index in [2.05, 4.69) is 5.32 Å². The molecule has 2 N–H and O–H groups in total. The van der Waals surface area contributed by atoms with Crippen LogP contribution in [0.15, 0.2) is 12.2 Å². The summed E-state index contributed by atoms with van der Waals surface area (Å²) in [6.45, 7) is 4.74. The summed E-state index contributed by atoms with van der Waals surface area (Å²) in [5.41, 5.74) is 0. The van der Waals surface area contributed by atoms with Gasteiger partial charge < -0.3 is 15.3 Å². The summed E-state index contributed by atoms with van der Waals surface area (Å²) >= 11 is 0. The van der Waals surface area contributed by atoms with Gasteiger partial charge in [0.05, 0.1) is 0 Å². The molecule has 0 aromatic rings. The van der Waals surface area contributed by atoms with Crippen LogP contribution in [0.2, 0.25) is 0 Å². The first-order chi connectivity index (χ1) is 7.52. The number of nitrogens with one attached hydrogen (secondary N) is 1. The Hall–Kier alpha value is -1.52. The molecule has 0 aromatic heterocycles. The normalized spacial score (nSPS) is 17.3. The summed E-state index contributed by atoms with van der Waals surface area (Å²) in [5, 5.41) is 11.5. The van der Waals surface area contributed by atoms with Gasteiger partial charge in [-0.3, -0.25) is 0 Å². The predicted molar refractivity (Wildman–Crippen MR) is 60.1 cm³/mol. The zero-order valence-corrected chi connectivity index (χ0v) is 9.64. The molecule has 1 atom stereocenters. The summed E-state index contributed by atoms with van der Waals surface area (Å²) in [6.07, 6.45) is 4.75. The van der Waals surface area contributed by atoms with Gasteiger partial charge >= 0.3 is 12.0 Å². The topological polar surface area (TPSA) is 69.6 Å².